The number of nitrogens with zero attached hydrogens (tertiary/aromatic N) is 2. The lowest BCUT2D eigenvalue weighted by atomic mass is 10.2. The van der Waals surface area contributed by atoms with Crippen LogP contribution in [0.1, 0.15) is 0 Å². The highest BCUT2D eigenvalue weighted by molar-refractivity contribution is 6.45. The Kier molecular flexibility index (Phi) is 2.23. The summed E-state index contributed by atoms with van der Waals surface area (Å²) in [4.78, 5) is 0. The lowest BCUT2D eigenvalue weighted by molar-refractivity contribution is -0.248. The molecule has 0 amide bonds. The maximum Gasteiger partial charge on any atom is 0.459 e. The van der Waals surface area contributed by atoms with Gasteiger partial charge in [0.15, 0.2) is 5.71 Å². The van der Waals surface area contributed by atoms with Gasteiger partial charge in [-0.3, -0.25) is 0 Å². The van der Waals surface area contributed by atoms with Gasteiger partial charge in [0.25, 0.3) is 0 Å². The molecule has 1 aliphatic heterocycles. The van der Waals surface area contributed by atoms with E-state index in [0.29, 0.717) is 6.20 Å². The zero-order valence-electron chi connectivity index (χ0n) is 5.74. The summed E-state index contributed by atoms with van der Waals surface area (Å²) in [6, 6.07) is 0. The fraction of sp³-hybridized carbons (Fsp3) is 0.400. The molecule has 0 bridgehead atoms. The summed E-state index contributed by atoms with van der Waals surface area (Å²) in [5.74, 6) is -5.05. The van der Waals surface area contributed by atoms with Crippen LogP contribution in [0.3, 0.4) is 0 Å². The highest BCUT2D eigenvalue weighted by Crippen LogP contribution is 2.39. The minimum atomic E-state index is -5.71. The smallest absolute Gasteiger partial charge is 0.189 e. The summed E-state index contributed by atoms with van der Waals surface area (Å²) in [7, 11) is 0. The average molecular weight is 220 g/mol. The van der Waals surface area contributed by atoms with Crippen molar-refractivity contribution in [2.75, 3.05) is 0 Å². The van der Waals surface area contributed by atoms with Crippen LogP contribution in [-0.2, 0) is 0 Å². The molecule has 73 valence electrons. The Bertz CT molecular complexity index is 279. The van der Waals surface area contributed by atoms with E-state index in [9.17, 15) is 22.0 Å². The van der Waals surface area contributed by atoms with Crippen LogP contribution in [0.5, 0.6) is 0 Å². The molecule has 0 N–H and O–H groups in total. The summed E-state index contributed by atoms with van der Waals surface area (Å²) in [5, 5.41) is 1.80. The molecule has 0 fully saturated rings. The van der Waals surface area contributed by atoms with Crippen molar-refractivity contribution in [1.29, 1.82) is 0 Å². The number of allylic oxidation sites excluding steroid dienone is 1. The molecule has 0 aromatic rings. The van der Waals surface area contributed by atoms with Gasteiger partial charge < -0.3 is 0 Å². The van der Waals surface area contributed by atoms with E-state index in [4.69, 9.17) is 11.6 Å². The number of alkyl halides is 5. The maximum absolute atomic E-state index is 12.4. The molecule has 0 aliphatic carbocycles. The predicted octanol–water partition coefficient (Wildman–Crippen LogP) is 2.24. The molecule has 0 aromatic carbocycles. The third-order valence-corrected chi connectivity index (χ3v) is 1.49. The molecule has 1 rings (SSSR count). The topological polar surface area (TPSA) is 26.5 Å². The zero-order chi connectivity index (χ0) is 10.3. The van der Waals surface area contributed by atoms with Crippen LogP contribution in [0.4, 0.5) is 22.0 Å². The molecule has 1 radical (unpaired) electrons. The molecule has 0 spiro atoms. The molecule has 2 nitrogen and oxygen atoms in total. The Morgan fingerprint density at radius 1 is 1.15 bits per heavy atom. The van der Waals surface area contributed by atoms with Gasteiger partial charge in [0.1, 0.15) is 0 Å². The molecule has 8 heteroatoms. The molecule has 0 unspecified atom stereocenters. The zero-order valence-corrected chi connectivity index (χ0v) is 6.50. The van der Waals surface area contributed by atoms with Crippen LogP contribution in [0, 0.1) is 0 Å². The molecular formula is C5HClF5N2. The SMILES string of the molecule is FC(F)(F)C(F)(F)C1=N[N]C=C1Cl. The molecule has 1 aliphatic rings. The minimum absolute atomic E-state index is 0.622. The quantitative estimate of drug-likeness (QED) is 0.605. The number of hydrogen-bond donors (Lipinski definition) is 0. The Morgan fingerprint density at radius 2 is 1.69 bits per heavy atom. The van der Waals surface area contributed by atoms with Crippen LogP contribution in [-0.4, -0.2) is 17.8 Å². The van der Waals surface area contributed by atoms with Crippen molar-refractivity contribution in [2.24, 2.45) is 5.10 Å². The van der Waals surface area contributed by atoms with E-state index in [1.54, 1.807) is 0 Å². The molecule has 1 heterocycles. The van der Waals surface area contributed by atoms with Crippen LogP contribution in [0.25, 0.3) is 0 Å². The highest BCUT2D eigenvalue weighted by Gasteiger charge is 2.62. The van der Waals surface area contributed by atoms with Crippen molar-refractivity contribution in [1.82, 2.24) is 5.43 Å². The van der Waals surface area contributed by atoms with E-state index in [1.807, 2.05) is 0 Å². The van der Waals surface area contributed by atoms with E-state index in [-0.39, 0.29) is 0 Å². The van der Waals surface area contributed by atoms with Crippen molar-refractivity contribution < 1.29 is 22.0 Å². The Morgan fingerprint density at radius 3 is 2.00 bits per heavy atom. The Hall–Kier alpha value is -0.850. The fourth-order valence-corrected chi connectivity index (χ4v) is 0.793. The van der Waals surface area contributed by atoms with Gasteiger partial charge in [0.2, 0.25) is 0 Å². The van der Waals surface area contributed by atoms with Crippen LogP contribution in [0.15, 0.2) is 16.3 Å². The van der Waals surface area contributed by atoms with Gasteiger partial charge in [-0.2, -0.15) is 27.4 Å². The summed E-state index contributed by atoms with van der Waals surface area (Å²) in [6.45, 7) is 0. The summed E-state index contributed by atoms with van der Waals surface area (Å²) < 4.78 is 60.0. The molecule has 13 heavy (non-hydrogen) atoms. The van der Waals surface area contributed by atoms with Gasteiger partial charge in [0.05, 0.1) is 11.2 Å². The third-order valence-electron chi connectivity index (χ3n) is 1.21. The molecule has 0 atom stereocenters. The van der Waals surface area contributed by atoms with Crippen LogP contribution < -0.4 is 5.43 Å². The van der Waals surface area contributed by atoms with Crippen LogP contribution in [0.2, 0.25) is 0 Å². The van der Waals surface area contributed by atoms with Gasteiger partial charge in [-0.05, 0) is 0 Å². The maximum atomic E-state index is 12.4. The van der Waals surface area contributed by atoms with Crippen molar-refractivity contribution in [3.05, 3.63) is 11.2 Å². The molecule has 0 saturated carbocycles. The number of rotatable bonds is 1. The van der Waals surface area contributed by atoms with Crippen molar-refractivity contribution >= 4 is 17.3 Å². The number of halogens is 6. The standard InChI is InChI=1S/C5HClF5N2/c6-2-1-12-13-3(2)4(7,8)5(9,10)11/h1H. The van der Waals surface area contributed by atoms with E-state index in [1.165, 1.54) is 0 Å². The van der Waals surface area contributed by atoms with Gasteiger partial charge in [-0.1, -0.05) is 11.6 Å². The molecule has 0 saturated heterocycles. The van der Waals surface area contributed by atoms with Crippen molar-refractivity contribution in [2.45, 2.75) is 12.1 Å². The highest BCUT2D eigenvalue weighted by atomic mass is 35.5. The fourth-order valence-electron chi connectivity index (χ4n) is 0.593. The van der Waals surface area contributed by atoms with Gasteiger partial charge >= 0.3 is 12.1 Å². The lowest BCUT2D eigenvalue weighted by Crippen LogP contribution is -2.43. The van der Waals surface area contributed by atoms with Gasteiger partial charge in [-0.25, -0.2) is 0 Å². The van der Waals surface area contributed by atoms with Gasteiger partial charge in [-0.15, -0.1) is 5.10 Å². The number of hydrogen-bond acceptors (Lipinski definition) is 1. The second kappa shape index (κ2) is 2.83. The largest absolute Gasteiger partial charge is 0.459 e. The lowest BCUT2D eigenvalue weighted by Gasteiger charge is -2.18. The first-order valence-electron chi connectivity index (χ1n) is 2.85. The first kappa shape index (κ1) is 10.2. The second-order valence-corrected chi connectivity index (χ2v) is 2.52. The molecule has 0 aromatic heterocycles. The first-order valence-corrected chi connectivity index (χ1v) is 3.23. The Balaban J connectivity index is 3.01. The second-order valence-electron chi connectivity index (χ2n) is 2.11. The van der Waals surface area contributed by atoms with Crippen LogP contribution >= 0.6 is 11.6 Å². The van der Waals surface area contributed by atoms with Crippen molar-refractivity contribution in [3.63, 3.8) is 0 Å². The molecular weight excluding hydrogens is 219 g/mol. The minimum Gasteiger partial charge on any atom is -0.189 e. The third kappa shape index (κ3) is 1.60. The predicted molar refractivity (Wildman–Crippen MR) is 34.5 cm³/mol. The van der Waals surface area contributed by atoms with Crippen molar-refractivity contribution in [3.8, 4) is 0 Å². The van der Waals surface area contributed by atoms with Gasteiger partial charge in [0, 0.05) is 0 Å². The monoisotopic (exact) mass is 219 g/mol. The summed E-state index contributed by atoms with van der Waals surface area (Å²) in [6.07, 6.45) is -5.09. The average Bonchev–Trinajstić information content (AvgIpc) is 2.32. The summed E-state index contributed by atoms with van der Waals surface area (Å²) >= 11 is 5.03. The Labute approximate surface area is 74.0 Å². The van der Waals surface area contributed by atoms with E-state index < -0.39 is 22.8 Å². The normalized spacial score (nSPS) is 18.0. The van der Waals surface area contributed by atoms with E-state index in [0.717, 1.165) is 0 Å². The first-order chi connectivity index (χ1) is 5.77. The van der Waals surface area contributed by atoms with E-state index in [2.05, 4.69) is 10.5 Å². The summed E-state index contributed by atoms with van der Waals surface area (Å²) in [5.41, 5.74) is 1.27. The van der Waals surface area contributed by atoms with E-state index >= 15 is 0 Å².